The summed E-state index contributed by atoms with van der Waals surface area (Å²) in [6.07, 6.45) is 4.35. The van der Waals surface area contributed by atoms with Gasteiger partial charge in [-0.2, -0.15) is 9.78 Å². The average molecular weight is 492 g/mol. The number of nitrogens with zero attached hydrogens (tertiary/aromatic N) is 4. The molecular weight excluding hydrogens is 465 g/mol. The lowest BCUT2D eigenvalue weighted by Gasteiger charge is -2.20. The van der Waals surface area contributed by atoms with Crippen molar-refractivity contribution in [1.29, 1.82) is 0 Å². The molecule has 4 rings (SSSR count). The molecule has 36 heavy (non-hydrogen) atoms. The Morgan fingerprint density at radius 1 is 1.17 bits per heavy atom. The fraction of sp³-hybridized carbons (Fsp3) is 0.269. The number of carbonyl (C=O) groups excluding carboxylic acids is 1. The Labute approximate surface area is 205 Å². The molecule has 0 saturated carbocycles. The minimum atomic E-state index is -0.718. The highest BCUT2D eigenvalue weighted by Gasteiger charge is 2.21. The average Bonchev–Trinajstić information content (AvgIpc) is 2.80. The van der Waals surface area contributed by atoms with Crippen molar-refractivity contribution in [3.63, 3.8) is 0 Å². The molecule has 0 aliphatic heterocycles. The summed E-state index contributed by atoms with van der Waals surface area (Å²) in [5, 5.41) is 17.2. The van der Waals surface area contributed by atoms with Crippen molar-refractivity contribution in [3.8, 4) is 16.9 Å². The first-order chi connectivity index (χ1) is 16.9. The number of hydrogen-bond donors (Lipinski definition) is 2. The van der Waals surface area contributed by atoms with Crippen LogP contribution in [-0.4, -0.2) is 30.3 Å². The van der Waals surface area contributed by atoms with Gasteiger partial charge in [0.05, 0.1) is 18.2 Å². The third-order valence-corrected chi connectivity index (χ3v) is 5.90. The Hall–Kier alpha value is -4.18. The van der Waals surface area contributed by atoms with Crippen molar-refractivity contribution in [2.75, 3.05) is 5.32 Å². The summed E-state index contributed by atoms with van der Waals surface area (Å²) >= 11 is 0. The molecule has 1 amide bonds. The lowest BCUT2D eigenvalue weighted by Crippen LogP contribution is -2.25. The number of aryl methyl sites for hydroxylation is 1. The molecule has 0 fully saturated rings. The number of benzene rings is 1. The molecule has 0 spiro atoms. The summed E-state index contributed by atoms with van der Waals surface area (Å²) in [6, 6.07) is 6.17. The lowest BCUT2D eigenvalue weighted by molar-refractivity contribution is -0.114. The van der Waals surface area contributed by atoms with Gasteiger partial charge in [-0.05, 0) is 40.8 Å². The second kappa shape index (κ2) is 9.12. The van der Waals surface area contributed by atoms with Crippen LogP contribution in [0.15, 0.2) is 52.4 Å². The van der Waals surface area contributed by atoms with E-state index in [9.17, 15) is 19.5 Å². The first-order valence-corrected chi connectivity index (χ1v) is 11.2. The zero-order valence-corrected chi connectivity index (χ0v) is 20.6. The number of fused-ring (bicyclic) bond motifs is 1. The first-order valence-electron chi connectivity index (χ1n) is 11.2. The van der Waals surface area contributed by atoms with E-state index in [-0.39, 0.29) is 27.9 Å². The zero-order valence-electron chi connectivity index (χ0n) is 20.6. The van der Waals surface area contributed by atoms with Gasteiger partial charge in [0.1, 0.15) is 11.5 Å². The molecule has 1 aromatic carbocycles. The molecule has 3 heterocycles. The fourth-order valence-electron chi connectivity index (χ4n) is 4.05. The Morgan fingerprint density at radius 3 is 2.53 bits per heavy atom. The quantitative estimate of drug-likeness (QED) is 0.453. The summed E-state index contributed by atoms with van der Waals surface area (Å²) in [7, 11) is 1.53. The Morgan fingerprint density at radius 2 is 1.89 bits per heavy atom. The van der Waals surface area contributed by atoms with Gasteiger partial charge in [-0.15, -0.1) is 0 Å². The molecule has 2 N–H and O–H groups in total. The first kappa shape index (κ1) is 24.9. The number of nitrogens with one attached hydrogen (secondary N) is 1. The van der Waals surface area contributed by atoms with Crippen LogP contribution >= 0.6 is 0 Å². The van der Waals surface area contributed by atoms with Gasteiger partial charge in [0.25, 0.3) is 11.1 Å². The van der Waals surface area contributed by atoms with Crippen molar-refractivity contribution < 1.29 is 14.3 Å². The highest BCUT2D eigenvalue weighted by Crippen LogP contribution is 2.29. The standard InChI is InChI=1S/C26H26FN5O4/c1-14(34)30-21-9-16(12-31(5)24(21)35)18-6-7-28-23(19(18)13-33)32-25(36)22-15(11-29-32)8-17(10-20(22)27)26(2,3)4/h6-12,33H,13H2,1-5H3,(H,30,34). The SMILES string of the molecule is CC(=O)Nc1cc(-c2ccnc(-n3ncc4cc(C(C)(C)C)cc(F)c4c3=O)c2CO)cn(C)c1=O. The maximum Gasteiger partial charge on any atom is 0.283 e. The predicted molar refractivity (Wildman–Crippen MR) is 135 cm³/mol. The topological polar surface area (TPSA) is 119 Å². The maximum absolute atomic E-state index is 15.1. The normalized spacial score (nSPS) is 11.6. The van der Waals surface area contributed by atoms with Crippen LogP contribution in [0.4, 0.5) is 10.1 Å². The molecule has 0 aliphatic carbocycles. The van der Waals surface area contributed by atoms with Gasteiger partial charge in [0.2, 0.25) is 5.91 Å². The molecule has 3 aromatic heterocycles. The van der Waals surface area contributed by atoms with E-state index in [4.69, 9.17) is 0 Å². The molecule has 0 saturated heterocycles. The smallest absolute Gasteiger partial charge is 0.283 e. The summed E-state index contributed by atoms with van der Waals surface area (Å²) in [4.78, 5) is 41.6. The molecule has 0 radical (unpaired) electrons. The largest absolute Gasteiger partial charge is 0.392 e. The number of aromatic nitrogens is 4. The van der Waals surface area contributed by atoms with Gasteiger partial charge < -0.3 is 15.0 Å². The Kier molecular flexibility index (Phi) is 6.32. The number of anilines is 1. The minimum absolute atomic E-state index is 0.0242. The molecule has 0 unspecified atom stereocenters. The Balaban J connectivity index is 1.94. The third-order valence-electron chi connectivity index (χ3n) is 5.90. The van der Waals surface area contributed by atoms with E-state index < -0.39 is 29.4 Å². The highest BCUT2D eigenvalue weighted by atomic mass is 19.1. The number of amides is 1. The van der Waals surface area contributed by atoms with Gasteiger partial charge >= 0.3 is 0 Å². The molecule has 9 nitrogen and oxygen atoms in total. The second-order valence-electron chi connectivity index (χ2n) is 9.59. The maximum atomic E-state index is 15.1. The molecule has 0 atom stereocenters. The number of hydrogen-bond acceptors (Lipinski definition) is 6. The van der Waals surface area contributed by atoms with E-state index in [0.717, 1.165) is 10.2 Å². The molecule has 0 bridgehead atoms. The summed E-state index contributed by atoms with van der Waals surface area (Å²) in [5.74, 6) is -1.06. The van der Waals surface area contributed by atoms with Crippen LogP contribution in [0.1, 0.15) is 38.8 Å². The fourth-order valence-corrected chi connectivity index (χ4v) is 4.05. The van der Waals surface area contributed by atoms with Crippen LogP contribution in [0.5, 0.6) is 0 Å². The van der Waals surface area contributed by atoms with E-state index in [1.165, 1.54) is 49.3 Å². The van der Waals surface area contributed by atoms with Crippen LogP contribution in [0.3, 0.4) is 0 Å². The van der Waals surface area contributed by atoms with E-state index in [2.05, 4.69) is 15.4 Å². The van der Waals surface area contributed by atoms with Gasteiger partial charge in [-0.3, -0.25) is 14.4 Å². The number of aliphatic hydroxyl groups excluding tert-OH is 1. The van der Waals surface area contributed by atoms with Gasteiger partial charge in [-0.25, -0.2) is 9.37 Å². The van der Waals surface area contributed by atoms with E-state index in [1.807, 2.05) is 20.8 Å². The van der Waals surface area contributed by atoms with Crippen molar-refractivity contribution in [2.45, 2.75) is 39.7 Å². The van der Waals surface area contributed by atoms with Crippen LogP contribution in [-0.2, 0) is 23.9 Å². The van der Waals surface area contributed by atoms with E-state index >= 15 is 4.39 Å². The second-order valence-corrected chi connectivity index (χ2v) is 9.59. The minimum Gasteiger partial charge on any atom is -0.392 e. The molecule has 10 heteroatoms. The number of carbonyl (C=O) groups is 1. The number of aliphatic hydroxyl groups is 1. The summed E-state index contributed by atoms with van der Waals surface area (Å²) < 4.78 is 17.4. The van der Waals surface area contributed by atoms with Crippen LogP contribution in [0.2, 0.25) is 0 Å². The molecule has 0 aliphatic rings. The van der Waals surface area contributed by atoms with E-state index in [0.29, 0.717) is 16.5 Å². The zero-order chi connectivity index (χ0) is 26.4. The monoisotopic (exact) mass is 491 g/mol. The van der Waals surface area contributed by atoms with Crippen LogP contribution in [0, 0.1) is 5.82 Å². The number of halogens is 1. The van der Waals surface area contributed by atoms with Crippen molar-refractivity contribution in [1.82, 2.24) is 19.3 Å². The van der Waals surface area contributed by atoms with Crippen LogP contribution in [0.25, 0.3) is 27.7 Å². The summed E-state index contributed by atoms with van der Waals surface area (Å²) in [5.41, 5.74) is 0.525. The Bertz CT molecular complexity index is 1630. The summed E-state index contributed by atoms with van der Waals surface area (Å²) in [6.45, 7) is 6.61. The third kappa shape index (κ3) is 4.42. The van der Waals surface area contributed by atoms with Crippen molar-refractivity contribution >= 4 is 22.4 Å². The molecule has 186 valence electrons. The van der Waals surface area contributed by atoms with Gasteiger partial charge in [-0.1, -0.05) is 20.8 Å². The molecular formula is C26H26FN5O4. The lowest BCUT2D eigenvalue weighted by atomic mass is 9.86. The van der Waals surface area contributed by atoms with Gasteiger partial charge in [0, 0.05) is 42.9 Å². The van der Waals surface area contributed by atoms with Crippen molar-refractivity contribution in [2.24, 2.45) is 7.05 Å². The van der Waals surface area contributed by atoms with Crippen molar-refractivity contribution in [3.05, 3.63) is 80.5 Å². The highest BCUT2D eigenvalue weighted by molar-refractivity contribution is 5.89. The number of rotatable bonds is 4. The molecule has 4 aromatic rings. The van der Waals surface area contributed by atoms with E-state index in [1.54, 1.807) is 12.1 Å². The number of pyridine rings is 2. The van der Waals surface area contributed by atoms with Gasteiger partial charge in [0.15, 0.2) is 5.82 Å². The van der Waals surface area contributed by atoms with Crippen LogP contribution < -0.4 is 16.4 Å². The predicted octanol–water partition coefficient (Wildman–Crippen LogP) is 3.03.